The van der Waals surface area contributed by atoms with Gasteiger partial charge in [-0.05, 0) is 38.9 Å². The number of rotatable bonds is 3. The summed E-state index contributed by atoms with van der Waals surface area (Å²) in [6.45, 7) is 21.2. The molecule has 0 spiro atoms. The summed E-state index contributed by atoms with van der Waals surface area (Å²) in [6, 6.07) is 0. The van der Waals surface area contributed by atoms with E-state index in [1.54, 1.807) is 0 Å². The SMILES string of the molecule is [CH][C@H]1OC(C)(C)O[C@@H]1CO[Si](C)(C)C(C)(C)C. The Labute approximate surface area is 107 Å². The highest BCUT2D eigenvalue weighted by molar-refractivity contribution is 6.74. The molecule has 0 saturated carbocycles. The van der Waals surface area contributed by atoms with E-state index in [-0.39, 0.29) is 11.1 Å². The van der Waals surface area contributed by atoms with Crippen LogP contribution in [-0.2, 0) is 13.9 Å². The first-order chi connectivity index (χ1) is 7.45. The molecule has 17 heavy (non-hydrogen) atoms. The van der Waals surface area contributed by atoms with Gasteiger partial charge in [0, 0.05) is 0 Å². The number of ether oxygens (including phenoxy) is 2. The molecule has 1 heterocycles. The van der Waals surface area contributed by atoms with Crippen molar-refractivity contribution in [2.24, 2.45) is 0 Å². The van der Waals surface area contributed by atoms with Crippen molar-refractivity contribution in [3.8, 4) is 0 Å². The lowest BCUT2D eigenvalue weighted by Gasteiger charge is -2.37. The van der Waals surface area contributed by atoms with Crippen LogP contribution in [0, 0.1) is 6.92 Å². The van der Waals surface area contributed by atoms with Gasteiger partial charge >= 0.3 is 0 Å². The molecule has 0 aliphatic carbocycles. The Morgan fingerprint density at radius 3 is 2.12 bits per heavy atom. The van der Waals surface area contributed by atoms with Crippen molar-refractivity contribution in [2.75, 3.05) is 6.61 Å². The van der Waals surface area contributed by atoms with Gasteiger partial charge in [0.2, 0.25) is 0 Å². The number of hydrogen-bond donors (Lipinski definition) is 0. The van der Waals surface area contributed by atoms with E-state index in [0.717, 1.165) is 0 Å². The monoisotopic (exact) mass is 258 g/mol. The summed E-state index contributed by atoms with van der Waals surface area (Å²) in [6.07, 6.45) is -0.561. The highest BCUT2D eigenvalue weighted by Crippen LogP contribution is 2.37. The van der Waals surface area contributed by atoms with Crippen molar-refractivity contribution < 1.29 is 13.9 Å². The minimum absolute atomic E-state index is 0.167. The van der Waals surface area contributed by atoms with Gasteiger partial charge in [-0.1, -0.05) is 20.8 Å². The molecule has 1 aliphatic heterocycles. The van der Waals surface area contributed by atoms with Gasteiger partial charge in [-0.2, -0.15) is 0 Å². The fourth-order valence-corrected chi connectivity index (χ4v) is 2.51. The maximum absolute atomic E-state index is 6.10. The van der Waals surface area contributed by atoms with Crippen LogP contribution in [0.25, 0.3) is 0 Å². The van der Waals surface area contributed by atoms with E-state index < -0.39 is 20.2 Å². The second-order valence-corrected chi connectivity index (χ2v) is 11.5. The van der Waals surface area contributed by atoms with E-state index >= 15 is 0 Å². The standard InChI is InChI=1S/C13H26O3Si/c1-10-11(16-13(5,6)15-10)9-14-17(7,8)12(2,3)4/h1,10-11H,9H2,2-8H3/t10-,11-/m1/s1. The predicted octanol–water partition coefficient (Wildman–Crippen LogP) is 3.24. The summed E-state index contributed by atoms with van der Waals surface area (Å²) < 4.78 is 17.3. The Morgan fingerprint density at radius 2 is 1.76 bits per heavy atom. The van der Waals surface area contributed by atoms with Gasteiger partial charge in [0.25, 0.3) is 0 Å². The van der Waals surface area contributed by atoms with Gasteiger partial charge in [-0.25, -0.2) is 0 Å². The van der Waals surface area contributed by atoms with Crippen molar-refractivity contribution in [2.45, 2.75) is 70.7 Å². The molecule has 0 aromatic carbocycles. The smallest absolute Gasteiger partial charge is 0.192 e. The fourth-order valence-electron chi connectivity index (χ4n) is 1.50. The third-order valence-corrected chi connectivity index (χ3v) is 8.14. The lowest BCUT2D eigenvalue weighted by molar-refractivity contribution is -0.146. The molecule has 3 nitrogen and oxygen atoms in total. The number of hydrogen-bond acceptors (Lipinski definition) is 3. The Bertz CT molecular complexity index is 268. The summed E-state index contributed by atoms with van der Waals surface area (Å²) in [7, 11) is -1.74. The van der Waals surface area contributed by atoms with Crippen LogP contribution in [0.15, 0.2) is 0 Å². The Balaban J connectivity index is 2.52. The van der Waals surface area contributed by atoms with Gasteiger partial charge in [0.05, 0.1) is 12.7 Å². The van der Waals surface area contributed by atoms with Crippen molar-refractivity contribution in [3.63, 3.8) is 0 Å². The minimum atomic E-state index is -1.74. The zero-order chi connectivity index (χ0) is 13.5. The average Bonchev–Trinajstić information content (AvgIpc) is 2.34. The third kappa shape index (κ3) is 3.78. The molecule has 1 rings (SSSR count). The fraction of sp³-hybridized carbons (Fsp3) is 0.923. The first-order valence-corrected chi connectivity index (χ1v) is 9.11. The van der Waals surface area contributed by atoms with Crippen LogP contribution in [0.1, 0.15) is 34.6 Å². The average molecular weight is 258 g/mol. The molecule has 0 aromatic rings. The van der Waals surface area contributed by atoms with Crippen LogP contribution in [-0.4, -0.2) is 32.9 Å². The Kier molecular flexibility index (Phi) is 4.14. The Morgan fingerprint density at radius 1 is 1.24 bits per heavy atom. The predicted molar refractivity (Wildman–Crippen MR) is 71.3 cm³/mol. The molecular weight excluding hydrogens is 232 g/mol. The van der Waals surface area contributed by atoms with Crippen molar-refractivity contribution in [1.82, 2.24) is 0 Å². The molecule has 0 unspecified atom stereocenters. The second kappa shape index (κ2) is 4.65. The normalized spacial score (nSPS) is 29.6. The van der Waals surface area contributed by atoms with E-state index in [9.17, 15) is 0 Å². The van der Waals surface area contributed by atoms with E-state index in [2.05, 4.69) is 33.9 Å². The highest BCUT2D eigenvalue weighted by atomic mass is 28.4. The summed E-state index contributed by atoms with van der Waals surface area (Å²) in [5.41, 5.74) is 0. The molecule has 0 amide bonds. The van der Waals surface area contributed by atoms with Gasteiger partial charge in [-0.3, -0.25) is 0 Å². The van der Waals surface area contributed by atoms with Gasteiger partial charge in [0.15, 0.2) is 14.1 Å². The lowest BCUT2D eigenvalue weighted by atomic mass is 10.2. The first-order valence-electron chi connectivity index (χ1n) is 6.20. The zero-order valence-corrected chi connectivity index (χ0v) is 13.2. The topological polar surface area (TPSA) is 27.7 Å². The minimum Gasteiger partial charge on any atom is -0.414 e. The summed E-state index contributed by atoms with van der Waals surface area (Å²) in [5.74, 6) is -0.596. The van der Waals surface area contributed by atoms with Gasteiger partial charge in [0.1, 0.15) is 6.10 Å². The Hall–Kier alpha value is 0.0969. The summed E-state index contributed by atoms with van der Waals surface area (Å²) in [5, 5.41) is 0.200. The summed E-state index contributed by atoms with van der Waals surface area (Å²) >= 11 is 0. The molecule has 0 N–H and O–H groups in total. The molecule has 100 valence electrons. The van der Waals surface area contributed by atoms with E-state index in [1.165, 1.54) is 0 Å². The van der Waals surface area contributed by atoms with Crippen LogP contribution in [0.4, 0.5) is 0 Å². The molecule has 2 atom stereocenters. The van der Waals surface area contributed by atoms with Crippen LogP contribution in [0.2, 0.25) is 18.1 Å². The second-order valence-electron chi connectivity index (χ2n) is 6.71. The quantitative estimate of drug-likeness (QED) is 0.727. The highest BCUT2D eigenvalue weighted by Gasteiger charge is 2.42. The van der Waals surface area contributed by atoms with Crippen LogP contribution in [0.5, 0.6) is 0 Å². The molecule has 1 aliphatic rings. The van der Waals surface area contributed by atoms with Crippen LogP contribution in [0.3, 0.4) is 0 Å². The maximum Gasteiger partial charge on any atom is 0.192 e. The van der Waals surface area contributed by atoms with Crippen LogP contribution < -0.4 is 0 Å². The molecular formula is C13H26O3Si. The maximum atomic E-state index is 6.10. The largest absolute Gasteiger partial charge is 0.414 e. The van der Waals surface area contributed by atoms with Gasteiger partial charge in [-0.15, -0.1) is 0 Å². The first kappa shape index (κ1) is 15.2. The van der Waals surface area contributed by atoms with E-state index in [4.69, 9.17) is 20.8 Å². The molecule has 2 radical (unpaired) electrons. The van der Waals surface area contributed by atoms with Crippen molar-refractivity contribution in [3.05, 3.63) is 6.92 Å². The molecule has 1 saturated heterocycles. The van der Waals surface area contributed by atoms with E-state index in [1.807, 2.05) is 13.8 Å². The molecule has 0 bridgehead atoms. The third-order valence-electron chi connectivity index (χ3n) is 3.64. The zero-order valence-electron chi connectivity index (χ0n) is 12.2. The van der Waals surface area contributed by atoms with E-state index in [0.29, 0.717) is 6.61 Å². The molecule has 4 heteroatoms. The lowest BCUT2D eigenvalue weighted by Crippen LogP contribution is -2.43. The van der Waals surface area contributed by atoms with Crippen molar-refractivity contribution in [1.29, 1.82) is 0 Å². The molecule has 1 fully saturated rings. The molecule has 0 aromatic heterocycles. The van der Waals surface area contributed by atoms with Crippen LogP contribution >= 0.6 is 0 Å². The van der Waals surface area contributed by atoms with Gasteiger partial charge < -0.3 is 13.9 Å². The van der Waals surface area contributed by atoms with Crippen molar-refractivity contribution >= 4 is 8.32 Å². The summed E-state index contributed by atoms with van der Waals surface area (Å²) in [4.78, 5) is 0.